The lowest BCUT2D eigenvalue weighted by atomic mass is 10.2. The summed E-state index contributed by atoms with van der Waals surface area (Å²) in [5.74, 6) is 1.33. The topological polar surface area (TPSA) is 54.6 Å². The number of carbonyl (C=O) groups is 1. The van der Waals surface area contributed by atoms with Crippen molar-refractivity contribution >= 4 is 23.2 Å². The van der Waals surface area contributed by atoms with Crippen molar-refractivity contribution < 1.29 is 9.90 Å². The Bertz CT molecular complexity index is 573. The van der Waals surface area contributed by atoms with Crippen LogP contribution in [0.25, 0.3) is 5.52 Å². The summed E-state index contributed by atoms with van der Waals surface area (Å²) in [6.45, 7) is 0. The molecular weight excluding hydrogens is 236 g/mol. The molecule has 17 heavy (non-hydrogen) atoms. The first kappa shape index (κ1) is 10.7. The minimum Gasteiger partial charge on any atom is -0.478 e. The summed E-state index contributed by atoms with van der Waals surface area (Å²) in [5.41, 5.74) is 1.16. The van der Waals surface area contributed by atoms with Gasteiger partial charge < -0.3 is 9.51 Å². The van der Waals surface area contributed by atoms with Gasteiger partial charge in [0, 0.05) is 6.20 Å². The van der Waals surface area contributed by atoms with Crippen LogP contribution in [0.5, 0.6) is 0 Å². The normalized spacial score (nSPS) is 19.9. The molecule has 0 aliphatic carbocycles. The first-order valence-corrected chi connectivity index (χ1v) is 6.62. The Kier molecular flexibility index (Phi) is 2.55. The number of carboxylic acids is 1. The molecular formula is C12H12N2O2S. The first-order chi connectivity index (χ1) is 8.25. The van der Waals surface area contributed by atoms with Crippen molar-refractivity contribution in [2.45, 2.75) is 18.1 Å². The number of thioether (sulfide) groups is 1. The van der Waals surface area contributed by atoms with E-state index in [2.05, 4.69) is 4.98 Å². The summed E-state index contributed by atoms with van der Waals surface area (Å²) in [6.07, 6.45) is 5.95. The van der Waals surface area contributed by atoms with E-state index >= 15 is 0 Å². The Balaban J connectivity index is 2.07. The van der Waals surface area contributed by atoms with Gasteiger partial charge in [0.1, 0.15) is 5.82 Å². The highest BCUT2D eigenvalue weighted by Crippen LogP contribution is 2.39. The van der Waals surface area contributed by atoms with Gasteiger partial charge in [0.05, 0.1) is 22.5 Å². The molecule has 0 saturated carbocycles. The average Bonchev–Trinajstić information content (AvgIpc) is 2.96. The van der Waals surface area contributed by atoms with Crippen LogP contribution in [-0.2, 0) is 0 Å². The van der Waals surface area contributed by atoms with Gasteiger partial charge >= 0.3 is 5.97 Å². The summed E-state index contributed by atoms with van der Waals surface area (Å²) in [6, 6.07) is 3.29. The summed E-state index contributed by atoms with van der Waals surface area (Å²) in [7, 11) is 0. The number of aromatic nitrogens is 2. The van der Waals surface area contributed by atoms with E-state index in [-0.39, 0.29) is 0 Å². The van der Waals surface area contributed by atoms with E-state index in [9.17, 15) is 4.79 Å². The summed E-state index contributed by atoms with van der Waals surface area (Å²) in [4.78, 5) is 15.3. The molecule has 1 aliphatic heterocycles. The molecule has 0 amide bonds. The third-order valence-electron chi connectivity index (χ3n) is 3.03. The molecule has 0 aromatic carbocycles. The van der Waals surface area contributed by atoms with Gasteiger partial charge in [0.2, 0.25) is 0 Å². The number of nitrogens with zero attached hydrogens (tertiary/aromatic N) is 2. The largest absolute Gasteiger partial charge is 0.478 e. The number of aromatic carboxylic acids is 1. The maximum atomic E-state index is 10.9. The molecule has 1 N–H and O–H groups in total. The molecule has 2 aromatic rings. The zero-order valence-corrected chi connectivity index (χ0v) is 9.98. The minimum atomic E-state index is -0.898. The predicted octanol–water partition coefficient (Wildman–Crippen LogP) is 2.60. The fourth-order valence-electron chi connectivity index (χ4n) is 2.17. The molecule has 0 bridgehead atoms. The molecule has 5 heteroatoms. The SMILES string of the molecule is O=C(O)c1ccn2c(C3CCCS3)ncc2c1. The molecule has 0 radical (unpaired) electrons. The van der Waals surface area contributed by atoms with Crippen LogP contribution in [0.3, 0.4) is 0 Å². The Morgan fingerprint density at radius 2 is 2.47 bits per heavy atom. The molecule has 3 rings (SSSR count). The fourth-order valence-corrected chi connectivity index (χ4v) is 3.45. The molecule has 4 nitrogen and oxygen atoms in total. The van der Waals surface area contributed by atoms with Crippen LogP contribution < -0.4 is 0 Å². The third kappa shape index (κ3) is 1.80. The predicted molar refractivity (Wildman–Crippen MR) is 66.6 cm³/mol. The monoisotopic (exact) mass is 248 g/mol. The number of fused-ring (bicyclic) bond motifs is 1. The van der Waals surface area contributed by atoms with Gasteiger partial charge in [0.15, 0.2) is 0 Å². The van der Waals surface area contributed by atoms with Gasteiger partial charge in [-0.1, -0.05) is 0 Å². The average molecular weight is 248 g/mol. The quantitative estimate of drug-likeness (QED) is 0.887. The molecule has 3 heterocycles. The minimum absolute atomic E-state index is 0.308. The van der Waals surface area contributed by atoms with Crippen molar-refractivity contribution in [3.05, 3.63) is 35.9 Å². The second kappa shape index (κ2) is 4.07. The Hall–Kier alpha value is -1.49. The van der Waals surface area contributed by atoms with Gasteiger partial charge in [-0.05, 0) is 30.7 Å². The van der Waals surface area contributed by atoms with Crippen LogP contribution >= 0.6 is 11.8 Å². The molecule has 88 valence electrons. The lowest BCUT2D eigenvalue weighted by Gasteiger charge is -2.07. The maximum absolute atomic E-state index is 10.9. The van der Waals surface area contributed by atoms with Crippen LogP contribution in [0, 0.1) is 0 Å². The van der Waals surface area contributed by atoms with Gasteiger partial charge in [-0.3, -0.25) is 0 Å². The Morgan fingerprint density at radius 3 is 3.18 bits per heavy atom. The lowest BCUT2D eigenvalue weighted by Crippen LogP contribution is -2.00. The number of rotatable bonds is 2. The molecule has 1 atom stereocenters. The van der Waals surface area contributed by atoms with E-state index in [1.807, 2.05) is 16.2 Å². The van der Waals surface area contributed by atoms with Crippen molar-refractivity contribution in [1.29, 1.82) is 0 Å². The smallest absolute Gasteiger partial charge is 0.335 e. The Labute approximate surface area is 103 Å². The number of pyridine rings is 1. The van der Waals surface area contributed by atoms with Crippen LogP contribution in [0.4, 0.5) is 0 Å². The highest BCUT2D eigenvalue weighted by Gasteiger charge is 2.22. The molecule has 1 unspecified atom stereocenters. The summed E-state index contributed by atoms with van der Waals surface area (Å²) < 4.78 is 2.00. The van der Waals surface area contributed by atoms with E-state index in [0.29, 0.717) is 10.8 Å². The molecule has 1 aliphatic rings. The number of hydrogen-bond donors (Lipinski definition) is 1. The second-order valence-electron chi connectivity index (χ2n) is 4.13. The number of hydrogen-bond acceptors (Lipinski definition) is 3. The molecule has 1 saturated heterocycles. The standard InChI is InChI=1S/C12H12N2O2S/c15-12(16)8-3-4-14-9(6-8)7-13-11(14)10-2-1-5-17-10/h3-4,6-7,10H,1-2,5H2,(H,15,16). The van der Waals surface area contributed by atoms with Gasteiger partial charge in [-0.25, -0.2) is 9.78 Å². The van der Waals surface area contributed by atoms with E-state index in [1.54, 1.807) is 24.5 Å². The number of imidazole rings is 1. The Morgan fingerprint density at radius 1 is 1.59 bits per heavy atom. The zero-order chi connectivity index (χ0) is 11.8. The van der Waals surface area contributed by atoms with E-state index in [4.69, 9.17) is 5.11 Å². The van der Waals surface area contributed by atoms with E-state index in [1.165, 1.54) is 12.2 Å². The first-order valence-electron chi connectivity index (χ1n) is 5.57. The zero-order valence-electron chi connectivity index (χ0n) is 9.17. The summed E-state index contributed by atoms with van der Waals surface area (Å²) >= 11 is 1.93. The molecule has 1 fully saturated rings. The third-order valence-corrected chi connectivity index (χ3v) is 4.40. The van der Waals surface area contributed by atoms with Crippen molar-refractivity contribution in [3.8, 4) is 0 Å². The van der Waals surface area contributed by atoms with Crippen molar-refractivity contribution in [3.63, 3.8) is 0 Å². The molecule has 2 aromatic heterocycles. The van der Waals surface area contributed by atoms with Gasteiger partial charge in [0.25, 0.3) is 0 Å². The van der Waals surface area contributed by atoms with Gasteiger partial charge in [-0.15, -0.1) is 0 Å². The van der Waals surface area contributed by atoms with Crippen molar-refractivity contribution in [2.75, 3.05) is 5.75 Å². The highest BCUT2D eigenvalue weighted by molar-refractivity contribution is 7.99. The van der Waals surface area contributed by atoms with Crippen molar-refractivity contribution in [2.24, 2.45) is 0 Å². The van der Waals surface area contributed by atoms with Crippen LogP contribution in [-0.4, -0.2) is 26.2 Å². The number of carboxylic acid groups (broad SMARTS) is 1. The van der Waals surface area contributed by atoms with Crippen LogP contribution in [0.1, 0.15) is 34.3 Å². The van der Waals surface area contributed by atoms with Crippen molar-refractivity contribution in [1.82, 2.24) is 9.38 Å². The fraction of sp³-hybridized carbons (Fsp3) is 0.333. The molecule has 0 spiro atoms. The summed E-state index contributed by atoms with van der Waals surface area (Å²) in [5, 5.41) is 9.38. The van der Waals surface area contributed by atoms with Gasteiger partial charge in [-0.2, -0.15) is 11.8 Å². The highest BCUT2D eigenvalue weighted by atomic mass is 32.2. The van der Waals surface area contributed by atoms with E-state index < -0.39 is 5.97 Å². The van der Waals surface area contributed by atoms with Crippen LogP contribution in [0.15, 0.2) is 24.5 Å². The van der Waals surface area contributed by atoms with E-state index in [0.717, 1.165) is 17.8 Å². The second-order valence-corrected chi connectivity index (χ2v) is 5.44. The van der Waals surface area contributed by atoms with Crippen LogP contribution in [0.2, 0.25) is 0 Å². The maximum Gasteiger partial charge on any atom is 0.335 e. The lowest BCUT2D eigenvalue weighted by molar-refractivity contribution is 0.0697.